The van der Waals surface area contributed by atoms with Crippen LogP contribution in [0.5, 0.6) is 11.5 Å². The number of tetrazole rings is 1. The van der Waals surface area contributed by atoms with E-state index in [-0.39, 0.29) is 0 Å². The Morgan fingerprint density at radius 2 is 1.70 bits per heavy atom. The summed E-state index contributed by atoms with van der Waals surface area (Å²) in [5, 5.41) is 18.0. The maximum absolute atomic E-state index is 6.09. The van der Waals surface area contributed by atoms with Crippen molar-refractivity contribution < 1.29 is 14.0 Å². The summed E-state index contributed by atoms with van der Waals surface area (Å²) in [5.74, 6) is 1.70. The van der Waals surface area contributed by atoms with Crippen LogP contribution in [-0.4, -0.2) is 29.7 Å². The summed E-state index contributed by atoms with van der Waals surface area (Å²) >= 11 is 6.09. The molecule has 2 heterocycles. The summed E-state index contributed by atoms with van der Waals surface area (Å²) in [5.41, 5.74) is 2.76. The summed E-state index contributed by atoms with van der Waals surface area (Å²) in [6.07, 6.45) is 0. The highest BCUT2D eigenvalue weighted by atomic mass is 35.5. The van der Waals surface area contributed by atoms with Crippen molar-refractivity contribution in [3.63, 3.8) is 0 Å². The van der Waals surface area contributed by atoms with Crippen LogP contribution in [0.4, 0.5) is 0 Å². The highest BCUT2D eigenvalue weighted by molar-refractivity contribution is 6.30. The van der Waals surface area contributed by atoms with E-state index in [4.69, 9.17) is 21.1 Å². The van der Waals surface area contributed by atoms with Gasteiger partial charge in [0.2, 0.25) is 0 Å². The number of halogens is 1. The highest BCUT2D eigenvalue weighted by Gasteiger charge is 2.18. The highest BCUT2D eigenvalue weighted by Crippen LogP contribution is 2.36. The Hall–Kier alpha value is -3.19. The van der Waals surface area contributed by atoms with E-state index in [0.717, 1.165) is 27.7 Å². The van der Waals surface area contributed by atoms with Crippen LogP contribution < -0.4 is 19.1 Å². The van der Waals surface area contributed by atoms with Crippen LogP contribution in [0, 0.1) is 6.92 Å². The van der Waals surface area contributed by atoms with Crippen molar-refractivity contribution in [2.24, 2.45) is 0 Å². The van der Waals surface area contributed by atoms with Crippen molar-refractivity contribution in [1.29, 1.82) is 0 Å². The Bertz CT molecular complexity index is 1110. The zero-order valence-electron chi connectivity index (χ0n) is 15.0. The van der Waals surface area contributed by atoms with Crippen LogP contribution in [0.3, 0.4) is 0 Å². The van der Waals surface area contributed by atoms with Gasteiger partial charge in [0, 0.05) is 16.1 Å². The number of hydrogen-bond donors (Lipinski definition) is 0. The second-order valence-corrected chi connectivity index (χ2v) is 6.39. The molecule has 2 aromatic heterocycles. The third-order valence-corrected chi connectivity index (χ3v) is 4.63. The number of pyridine rings is 1. The molecule has 0 fully saturated rings. The molecule has 0 N–H and O–H groups in total. The Morgan fingerprint density at radius 3 is 2.33 bits per heavy atom. The third-order valence-electron chi connectivity index (χ3n) is 4.38. The molecule has 0 aliphatic carbocycles. The third kappa shape index (κ3) is 2.96. The largest absolute Gasteiger partial charge is 0.493 e. The van der Waals surface area contributed by atoms with Gasteiger partial charge in [0.05, 0.1) is 19.9 Å². The van der Waals surface area contributed by atoms with Gasteiger partial charge in [-0.2, -0.15) is 0 Å². The fourth-order valence-corrected chi connectivity index (χ4v) is 3.31. The normalized spacial score (nSPS) is 11.0. The van der Waals surface area contributed by atoms with Crippen molar-refractivity contribution in [2.45, 2.75) is 6.92 Å². The molecule has 4 aromatic rings. The number of aryl methyl sites for hydroxylation is 1. The summed E-state index contributed by atoms with van der Waals surface area (Å²) in [7, 11) is 3.23. The average Bonchev–Trinajstić information content (AvgIpc) is 3.21. The number of nitrogens with zero attached hydrogens (tertiary/aromatic N) is 5. The summed E-state index contributed by atoms with van der Waals surface area (Å²) < 4.78 is 12.9. The Labute approximate surface area is 160 Å². The van der Waals surface area contributed by atoms with Gasteiger partial charge in [-0.1, -0.05) is 33.9 Å². The first-order valence-electron chi connectivity index (χ1n) is 8.19. The molecule has 27 heavy (non-hydrogen) atoms. The van der Waals surface area contributed by atoms with Crippen LogP contribution >= 0.6 is 11.6 Å². The van der Waals surface area contributed by atoms with E-state index in [2.05, 4.69) is 20.6 Å². The number of rotatable bonds is 4. The van der Waals surface area contributed by atoms with Gasteiger partial charge in [-0.05, 0) is 58.6 Å². The molecular formula is C19H16ClN5O2. The topological polar surface area (TPSA) is 75.1 Å². The fourth-order valence-electron chi connectivity index (χ4n) is 3.19. The molecule has 0 bridgehead atoms. The number of methoxy groups -OCH3 is 2. The van der Waals surface area contributed by atoms with Crippen molar-refractivity contribution in [3.05, 3.63) is 53.2 Å². The van der Waals surface area contributed by atoms with E-state index in [1.165, 1.54) is 0 Å². The predicted octanol–water partition coefficient (Wildman–Crippen LogP) is 2.90. The van der Waals surface area contributed by atoms with E-state index >= 15 is 0 Å². The van der Waals surface area contributed by atoms with Crippen LogP contribution in [0.15, 0.2) is 42.5 Å². The molecule has 8 heteroatoms. The molecule has 136 valence electrons. The smallest absolute Gasteiger partial charge is 0.277 e. The van der Waals surface area contributed by atoms with Gasteiger partial charge in [0.25, 0.3) is 5.95 Å². The molecule has 0 saturated heterocycles. The van der Waals surface area contributed by atoms with Crippen molar-refractivity contribution in [2.75, 3.05) is 14.2 Å². The first kappa shape index (κ1) is 17.2. The molecule has 4 rings (SSSR count). The van der Waals surface area contributed by atoms with Crippen LogP contribution in [-0.2, 0) is 0 Å². The summed E-state index contributed by atoms with van der Waals surface area (Å²) in [6.45, 7) is 1.98. The number of ether oxygens (including phenoxy) is 2. The van der Waals surface area contributed by atoms with Crippen molar-refractivity contribution >= 4 is 22.4 Å². The summed E-state index contributed by atoms with van der Waals surface area (Å²) in [6, 6.07) is 13.5. The molecule has 0 saturated carbocycles. The SMILES string of the molecule is COc1cc2cc(C)[n+](-c3nnn[n-]3)c(-c3ccc(Cl)cc3)c2cc1OC. The molecule has 0 unspecified atom stereocenters. The van der Waals surface area contributed by atoms with Gasteiger partial charge in [0.1, 0.15) is 0 Å². The van der Waals surface area contributed by atoms with E-state index in [1.54, 1.807) is 14.2 Å². The molecule has 0 aliphatic rings. The quantitative estimate of drug-likeness (QED) is 0.506. The van der Waals surface area contributed by atoms with Gasteiger partial charge in [0.15, 0.2) is 11.5 Å². The molecule has 0 aliphatic heterocycles. The fraction of sp³-hybridized carbons (Fsp3) is 0.158. The zero-order valence-corrected chi connectivity index (χ0v) is 15.7. The summed E-state index contributed by atoms with van der Waals surface area (Å²) in [4.78, 5) is 0. The van der Waals surface area contributed by atoms with Gasteiger partial charge in [-0.15, -0.1) is 0 Å². The predicted molar refractivity (Wildman–Crippen MR) is 100 cm³/mol. The molecule has 0 radical (unpaired) electrons. The number of fused-ring (bicyclic) bond motifs is 1. The number of hydrogen-bond acceptors (Lipinski definition) is 5. The molecule has 2 aromatic carbocycles. The first-order valence-corrected chi connectivity index (χ1v) is 8.56. The lowest BCUT2D eigenvalue weighted by Crippen LogP contribution is -2.39. The maximum Gasteiger partial charge on any atom is 0.277 e. The van der Waals surface area contributed by atoms with Gasteiger partial charge < -0.3 is 9.47 Å². The van der Waals surface area contributed by atoms with Gasteiger partial charge >= 0.3 is 0 Å². The maximum atomic E-state index is 6.09. The Balaban J connectivity index is 2.14. The average molecular weight is 382 g/mol. The minimum absolute atomic E-state index is 0.397. The van der Waals surface area contributed by atoms with E-state index in [9.17, 15) is 0 Å². The van der Waals surface area contributed by atoms with Gasteiger partial charge in [-0.3, -0.25) is 4.57 Å². The molecule has 0 amide bonds. The van der Waals surface area contributed by atoms with E-state index in [0.29, 0.717) is 22.5 Å². The Kier molecular flexibility index (Phi) is 4.37. The van der Waals surface area contributed by atoms with Crippen LogP contribution in [0.25, 0.3) is 28.0 Å². The number of aromatic nitrogens is 5. The second-order valence-electron chi connectivity index (χ2n) is 5.95. The minimum Gasteiger partial charge on any atom is -0.493 e. The van der Waals surface area contributed by atoms with Crippen LogP contribution in [0.1, 0.15) is 5.69 Å². The second kappa shape index (κ2) is 6.85. The van der Waals surface area contributed by atoms with Crippen molar-refractivity contribution in [3.8, 4) is 28.7 Å². The first-order chi connectivity index (χ1) is 13.1. The zero-order chi connectivity index (χ0) is 19.0. The van der Waals surface area contributed by atoms with Crippen molar-refractivity contribution in [1.82, 2.24) is 20.6 Å². The standard InChI is InChI=1S/C19H16ClN5O2/c1-11-8-13-9-16(26-2)17(27-3)10-15(13)18(12-4-6-14(20)7-5-12)25(11)19-21-23-24-22-19/h4-10H,1-3H3. The Morgan fingerprint density at radius 1 is 1.00 bits per heavy atom. The van der Waals surface area contributed by atoms with E-state index in [1.807, 2.05) is 54.0 Å². The lowest BCUT2D eigenvalue weighted by atomic mass is 10.0. The molecule has 7 nitrogen and oxygen atoms in total. The van der Waals surface area contributed by atoms with Crippen LogP contribution in [0.2, 0.25) is 5.02 Å². The monoisotopic (exact) mass is 381 g/mol. The number of benzene rings is 2. The minimum atomic E-state index is 0.397. The molecule has 0 spiro atoms. The lowest BCUT2D eigenvalue weighted by molar-refractivity contribution is -0.598. The van der Waals surface area contributed by atoms with Gasteiger partial charge in [-0.25, -0.2) is 0 Å². The molecular weight excluding hydrogens is 366 g/mol. The van der Waals surface area contributed by atoms with E-state index < -0.39 is 0 Å². The molecule has 0 atom stereocenters. The lowest BCUT2D eigenvalue weighted by Gasteiger charge is -2.19.